The maximum absolute atomic E-state index is 14.3. The first-order valence-corrected chi connectivity index (χ1v) is 16.0. The van der Waals surface area contributed by atoms with Crippen molar-refractivity contribution < 1.29 is 33.6 Å². The van der Waals surface area contributed by atoms with Crippen LogP contribution in [0.3, 0.4) is 0 Å². The molecule has 248 valence electrons. The average Bonchev–Trinajstić information content (AvgIpc) is 3.46. The fourth-order valence-electron chi connectivity index (χ4n) is 5.61. The second kappa shape index (κ2) is 16.1. The highest BCUT2D eigenvalue weighted by Gasteiger charge is 2.30. The molecular weight excluding hydrogens is 576 g/mol. The van der Waals surface area contributed by atoms with Crippen molar-refractivity contribution in [2.45, 2.75) is 84.7 Å². The van der Waals surface area contributed by atoms with E-state index in [1.165, 1.54) is 0 Å². The van der Waals surface area contributed by atoms with E-state index in [1.54, 1.807) is 23.1 Å². The first kappa shape index (κ1) is 34.3. The highest BCUT2D eigenvalue weighted by molar-refractivity contribution is 5.99. The SMILES string of the molecule is CC(C)NC(=O)Nc1ccc2c(c1)C(=O)N([C@H](C)CO)C[C@@H](C)[C@@H](CN(C)Cc1ccc3c(c1)OCO3)OCCCC[C@@H](C)O2. The topological polar surface area (TPSA) is 122 Å². The molecule has 3 N–H and O–H groups in total. The van der Waals surface area contributed by atoms with E-state index in [0.29, 0.717) is 43.2 Å². The van der Waals surface area contributed by atoms with Crippen molar-refractivity contribution in [3.05, 3.63) is 47.5 Å². The summed E-state index contributed by atoms with van der Waals surface area (Å²) >= 11 is 0. The molecule has 0 unspecified atom stereocenters. The smallest absolute Gasteiger partial charge is 0.319 e. The summed E-state index contributed by atoms with van der Waals surface area (Å²) in [6.07, 6.45) is 2.32. The minimum atomic E-state index is -0.453. The molecule has 2 aromatic rings. The summed E-state index contributed by atoms with van der Waals surface area (Å²) in [4.78, 5) is 30.6. The summed E-state index contributed by atoms with van der Waals surface area (Å²) in [5.41, 5.74) is 1.93. The number of rotatable bonds is 8. The van der Waals surface area contributed by atoms with Gasteiger partial charge in [-0.1, -0.05) is 13.0 Å². The van der Waals surface area contributed by atoms with Gasteiger partial charge < -0.3 is 39.6 Å². The Morgan fingerprint density at radius 1 is 1.07 bits per heavy atom. The van der Waals surface area contributed by atoms with Gasteiger partial charge in [-0.2, -0.15) is 0 Å². The molecule has 2 heterocycles. The lowest BCUT2D eigenvalue weighted by Crippen LogP contribution is -2.47. The zero-order valence-corrected chi connectivity index (χ0v) is 27.5. The largest absolute Gasteiger partial charge is 0.490 e. The number of aliphatic hydroxyl groups is 1. The van der Waals surface area contributed by atoms with E-state index >= 15 is 0 Å². The summed E-state index contributed by atoms with van der Waals surface area (Å²) in [6.45, 7) is 12.0. The Kier molecular flexibility index (Phi) is 12.3. The normalized spacial score (nSPS) is 21.6. The fourth-order valence-corrected chi connectivity index (χ4v) is 5.61. The van der Waals surface area contributed by atoms with Gasteiger partial charge in [0.05, 0.1) is 30.4 Å². The van der Waals surface area contributed by atoms with E-state index in [9.17, 15) is 14.7 Å². The van der Waals surface area contributed by atoms with Crippen molar-refractivity contribution in [3.8, 4) is 17.2 Å². The zero-order valence-electron chi connectivity index (χ0n) is 27.5. The standard InChI is InChI=1S/C34H50N4O7/c1-22(2)35-34(41)36-27-11-13-29-28(16-27)33(40)38(24(4)20-39)17-23(3)32(42-14-8-7-9-25(5)45-29)19-37(6)18-26-10-12-30-31(15-26)44-21-43-30/h10-13,15-16,22-25,32,39H,7-9,14,17-21H2,1-6H3,(H2,35,36,41)/t23-,24-,25-,32-/m1/s1. The van der Waals surface area contributed by atoms with Crippen LogP contribution in [0.25, 0.3) is 0 Å². The van der Waals surface area contributed by atoms with Gasteiger partial charge in [0.2, 0.25) is 6.79 Å². The average molecular weight is 627 g/mol. The van der Waals surface area contributed by atoms with E-state index < -0.39 is 6.04 Å². The highest BCUT2D eigenvalue weighted by Crippen LogP contribution is 2.33. The summed E-state index contributed by atoms with van der Waals surface area (Å²) < 4.78 is 23.8. The molecule has 0 aliphatic carbocycles. The van der Waals surface area contributed by atoms with Crippen LogP contribution in [0.5, 0.6) is 17.2 Å². The number of hydrogen-bond acceptors (Lipinski definition) is 8. The van der Waals surface area contributed by atoms with Gasteiger partial charge in [0.25, 0.3) is 5.91 Å². The van der Waals surface area contributed by atoms with Crippen LogP contribution >= 0.6 is 0 Å². The molecule has 0 spiro atoms. The maximum Gasteiger partial charge on any atom is 0.319 e. The van der Waals surface area contributed by atoms with Crippen LogP contribution in [-0.2, 0) is 11.3 Å². The predicted octanol–water partition coefficient (Wildman–Crippen LogP) is 4.87. The van der Waals surface area contributed by atoms with Crippen molar-refractivity contribution in [2.75, 3.05) is 45.5 Å². The van der Waals surface area contributed by atoms with Gasteiger partial charge in [-0.25, -0.2) is 4.79 Å². The first-order valence-electron chi connectivity index (χ1n) is 16.0. The molecule has 4 atom stereocenters. The van der Waals surface area contributed by atoms with Gasteiger partial charge in [0.1, 0.15) is 5.75 Å². The quantitative estimate of drug-likeness (QED) is 0.380. The molecule has 2 aromatic carbocycles. The Labute approximate surface area is 267 Å². The highest BCUT2D eigenvalue weighted by atomic mass is 16.7. The monoisotopic (exact) mass is 626 g/mol. The van der Waals surface area contributed by atoms with Crippen LogP contribution in [0, 0.1) is 5.92 Å². The molecule has 0 saturated carbocycles. The molecule has 0 saturated heterocycles. The molecule has 0 fully saturated rings. The Balaban J connectivity index is 1.57. The van der Waals surface area contributed by atoms with Crippen molar-refractivity contribution in [1.82, 2.24) is 15.1 Å². The van der Waals surface area contributed by atoms with Crippen LogP contribution < -0.4 is 24.8 Å². The number of fused-ring (bicyclic) bond motifs is 2. The third-order valence-electron chi connectivity index (χ3n) is 8.11. The summed E-state index contributed by atoms with van der Waals surface area (Å²) in [5.74, 6) is 1.65. The third-order valence-corrected chi connectivity index (χ3v) is 8.11. The van der Waals surface area contributed by atoms with Crippen molar-refractivity contribution in [1.29, 1.82) is 0 Å². The van der Waals surface area contributed by atoms with Gasteiger partial charge in [-0.3, -0.25) is 9.69 Å². The Morgan fingerprint density at radius 3 is 2.58 bits per heavy atom. The minimum Gasteiger partial charge on any atom is -0.490 e. The number of nitrogens with zero attached hydrogens (tertiary/aromatic N) is 2. The maximum atomic E-state index is 14.3. The van der Waals surface area contributed by atoms with E-state index in [2.05, 4.69) is 29.5 Å². The third kappa shape index (κ3) is 9.72. The second-order valence-electron chi connectivity index (χ2n) is 12.6. The molecule has 11 heteroatoms. The zero-order chi connectivity index (χ0) is 32.5. The van der Waals surface area contributed by atoms with Crippen LogP contribution in [0.4, 0.5) is 10.5 Å². The van der Waals surface area contributed by atoms with Crippen LogP contribution in [0.2, 0.25) is 0 Å². The second-order valence-corrected chi connectivity index (χ2v) is 12.6. The lowest BCUT2D eigenvalue weighted by molar-refractivity contribution is -0.0177. The molecule has 4 rings (SSSR count). The number of likely N-dealkylation sites (N-methyl/N-ethyl adjacent to an activating group) is 1. The lowest BCUT2D eigenvalue weighted by atomic mass is 10.0. The first-order chi connectivity index (χ1) is 21.5. The molecule has 2 aliphatic heterocycles. The Hall–Kier alpha value is -3.54. The number of amides is 3. The van der Waals surface area contributed by atoms with Crippen molar-refractivity contribution >= 4 is 17.6 Å². The lowest BCUT2D eigenvalue weighted by Gasteiger charge is -2.36. The number of ether oxygens (including phenoxy) is 4. The minimum absolute atomic E-state index is 0.0401. The number of aliphatic hydroxyl groups excluding tert-OH is 1. The number of urea groups is 1. The molecule has 0 bridgehead atoms. The molecule has 3 amide bonds. The van der Waals surface area contributed by atoms with Gasteiger partial charge in [-0.15, -0.1) is 0 Å². The van der Waals surface area contributed by atoms with Gasteiger partial charge in [0.15, 0.2) is 11.5 Å². The number of nitrogens with one attached hydrogen (secondary N) is 2. The predicted molar refractivity (Wildman–Crippen MR) is 173 cm³/mol. The van der Waals surface area contributed by atoms with Gasteiger partial charge in [-0.05, 0) is 89.9 Å². The molecule has 0 aromatic heterocycles. The Morgan fingerprint density at radius 2 is 1.82 bits per heavy atom. The molecule has 0 radical (unpaired) electrons. The summed E-state index contributed by atoms with van der Waals surface area (Å²) in [5, 5.41) is 15.8. The summed E-state index contributed by atoms with van der Waals surface area (Å²) in [7, 11) is 2.06. The number of benzene rings is 2. The van der Waals surface area contributed by atoms with Gasteiger partial charge >= 0.3 is 6.03 Å². The van der Waals surface area contributed by atoms with Crippen molar-refractivity contribution in [3.63, 3.8) is 0 Å². The fraction of sp³-hybridized carbons (Fsp3) is 0.588. The van der Waals surface area contributed by atoms with Crippen LogP contribution in [0.1, 0.15) is 69.8 Å². The number of carbonyl (C=O) groups excluding carboxylic acids is 2. The van der Waals surface area contributed by atoms with Crippen molar-refractivity contribution in [2.24, 2.45) is 5.92 Å². The van der Waals surface area contributed by atoms with E-state index in [0.717, 1.165) is 36.3 Å². The number of carbonyl (C=O) groups is 2. The number of hydrogen-bond donors (Lipinski definition) is 3. The summed E-state index contributed by atoms with van der Waals surface area (Å²) in [6, 6.07) is 10.3. The molecule has 45 heavy (non-hydrogen) atoms. The van der Waals surface area contributed by atoms with Crippen LogP contribution in [-0.4, -0.2) is 91.3 Å². The molecule has 11 nitrogen and oxygen atoms in total. The van der Waals surface area contributed by atoms with Crippen LogP contribution in [0.15, 0.2) is 36.4 Å². The Bertz CT molecular complexity index is 1290. The van der Waals surface area contributed by atoms with E-state index in [1.807, 2.05) is 45.9 Å². The van der Waals surface area contributed by atoms with Gasteiger partial charge in [0, 0.05) is 43.9 Å². The van der Waals surface area contributed by atoms with E-state index in [4.69, 9.17) is 18.9 Å². The molecular formula is C34H50N4O7. The van der Waals surface area contributed by atoms with E-state index in [-0.39, 0.29) is 49.5 Å². The molecule has 2 aliphatic rings. The number of anilines is 1.